The number of hydrogen-bond acceptors (Lipinski definition) is 6. The van der Waals surface area contributed by atoms with E-state index in [1.807, 2.05) is 0 Å². The van der Waals surface area contributed by atoms with Crippen molar-refractivity contribution in [1.82, 2.24) is 0 Å². The number of carbonyl (C=O) groups excluding carboxylic acids is 3. The van der Waals surface area contributed by atoms with Crippen LogP contribution in [0.25, 0.3) is 0 Å². The molecule has 0 N–H and O–H groups in total. The van der Waals surface area contributed by atoms with Gasteiger partial charge in [-0.3, -0.25) is 14.4 Å². The van der Waals surface area contributed by atoms with Crippen LogP contribution in [0.2, 0.25) is 0 Å². The predicted octanol–water partition coefficient (Wildman–Crippen LogP) is 24.4. The molecule has 6 heteroatoms. The third-order valence-corrected chi connectivity index (χ3v) is 15.3. The molecule has 0 aromatic carbocycles. The SMILES string of the molecule is CC/C=C\C/C=C\C/C=C\C/C=C\C/C=C\C/C=C\CCCCCCCCCCC(=O)OCC(COC(=O)CCCCCCCCCCCCCC)OC(=O)CCCCCCCCCCCCCCC/C=C\C/C=C\CCCCCCC. The highest BCUT2D eigenvalue weighted by Gasteiger charge is 2.19. The van der Waals surface area contributed by atoms with E-state index in [2.05, 4.69) is 118 Å². The van der Waals surface area contributed by atoms with Gasteiger partial charge < -0.3 is 14.2 Å². The van der Waals surface area contributed by atoms with Crippen LogP contribution in [0.15, 0.2) is 97.2 Å². The van der Waals surface area contributed by atoms with Gasteiger partial charge in [0.2, 0.25) is 0 Å². The Kier molecular flexibility index (Phi) is 66.7. The number of hydrogen-bond donors (Lipinski definition) is 0. The maximum atomic E-state index is 13.0. The van der Waals surface area contributed by atoms with Gasteiger partial charge in [-0.05, 0) is 103 Å². The summed E-state index contributed by atoms with van der Waals surface area (Å²) in [6.07, 6.45) is 94.3. The first-order valence-corrected chi connectivity index (χ1v) is 35.2. The number of carbonyl (C=O) groups is 3. The summed E-state index contributed by atoms with van der Waals surface area (Å²) in [5.41, 5.74) is 0. The third-order valence-electron chi connectivity index (χ3n) is 15.3. The van der Waals surface area contributed by atoms with Crippen LogP contribution in [-0.4, -0.2) is 37.2 Å². The molecule has 0 aliphatic heterocycles. The molecule has 0 saturated heterocycles. The van der Waals surface area contributed by atoms with Crippen LogP contribution in [0.5, 0.6) is 0 Å². The Bertz CT molecular complexity index is 1590. The van der Waals surface area contributed by atoms with Crippen LogP contribution in [0, 0.1) is 0 Å². The first-order valence-electron chi connectivity index (χ1n) is 35.2. The highest BCUT2D eigenvalue weighted by molar-refractivity contribution is 5.71. The van der Waals surface area contributed by atoms with Gasteiger partial charge in [0.15, 0.2) is 6.10 Å². The monoisotopic (exact) mass is 1140 g/mol. The number of rotatable bonds is 64. The van der Waals surface area contributed by atoms with Crippen LogP contribution in [0.4, 0.5) is 0 Å². The van der Waals surface area contributed by atoms with Gasteiger partial charge in [0.1, 0.15) is 13.2 Å². The summed E-state index contributed by atoms with van der Waals surface area (Å²) < 4.78 is 17.0. The van der Waals surface area contributed by atoms with Crippen LogP contribution in [0.3, 0.4) is 0 Å². The quantitative estimate of drug-likeness (QED) is 0.0261. The summed E-state index contributed by atoms with van der Waals surface area (Å²) in [5, 5.41) is 0. The van der Waals surface area contributed by atoms with E-state index in [0.29, 0.717) is 19.3 Å². The second kappa shape index (κ2) is 69.8. The Morgan fingerprint density at radius 1 is 0.256 bits per heavy atom. The van der Waals surface area contributed by atoms with E-state index in [1.54, 1.807) is 0 Å². The molecule has 0 radical (unpaired) electrons. The van der Waals surface area contributed by atoms with Crippen molar-refractivity contribution < 1.29 is 28.6 Å². The first-order chi connectivity index (χ1) is 40.5. The largest absolute Gasteiger partial charge is 0.462 e. The molecule has 0 saturated carbocycles. The molecule has 0 heterocycles. The molecule has 0 aromatic heterocycles. The Balaban J connectivity index is 4.28. The van der Waals surface area contributed by atoms with Gasteiger partial charge in [-0.1, -0.05) is 323 Å². The zero-order valence-electron chi connectivity index (χ0n) is 54.2. The summed E-state index contributed by atoms with van der Waals surface area (Å²) in [4.78, 5) is 38.4. The van der Waals surface area contributed by atoms with Gasteiger partial charge >= 0.3 is 17.9 Å². The van der Waals surface area contributed by atoms with Crippen molar-refractivity contribution in [3.8, 4) is 0 Å². The number of esters is 3. The predicted molar refractivity (Wildman–Crippen MR) is 357 cm³/mol. The molecule has 0 amide bonds. The molecule has 0 spiro atoms. The van der Waals surface area contributed by atoms with Gasteiger partial charge in [-0.15, -0.1) is 0 Å². The standard InChI is InChI=1S/C76H132O6/c1-4-7-10-13-16-19-22-25-27-29-31-33-35-37-38-40-41-43-45-47-49-51-54-57-60-63-66-69-75(78)81-72-73(71-80-74(77)68-65-62-59-56-53-24-21-18-15-12-9-6-3)82-76(79)70-67-64-61-58-55-52-50-48-46-44-42-39-36-34-32-30-28-26-23-20-17-14-11-8-5-2/h7,10,16,19,23,25-27,30-33,37-38,41,43,73H,4-6,8-9,11-15,17-18,20-22,24,28-29,34-36,39-40,42,44-72H2,1-3H3/b10-7-,19-16-,26-23-,27-25-,32-30-,33-31-,38-37-,43-41-. The molecule has 1 unspecified atom stereocenters. The second-order valence-electron chi connectivity index (χ2n) is 23.4. The molecule has 472 valence electrons. The van der Waals surface area contributed by atoms with Crippen molar-refractivity contribution in [2.45, 2.75) is 354 Å². The van der Waals surface area contributed by atoms with Gasteiger partial charge in [0, 0.05) is 19.3 Å². The summed E-state index contributed by atoms with van der Waals surface area (Å²) >= 11 is 0. The van der Waals surface area contributed by atoms with E-state index in [-0.39, 0.29) is 31.1 Å². The minimum atomic E-state index is -0.781. The Labute approximate surface area is 508 Å². The Morgan fingerprint density at radius 2 is 0.476 bits per heavy atom. The van der Waals surface area contributed by atoms with Gasteiger partial charge in [0.05, 0.1) is 0 Å². The molecule has 0 aliphatic carbocycles. The molecule has 6 nitrogen and oxygen atoms in total. The van der Waals surface area contributed by atoms with Crippen molar-refractivity contribution in [3.63, 3.8) is 0 Å². The fourth-order valence-electron chi connectivity index (χ4n) is 10.1. The number of ether oxygens (including phenoxy) is 3. The molecule has 0 aliphatic rings. The molecule has 0 bridgehead atoms. The molecule has 0 aromatic rings. The lowest BCUT2D eigenvalue weighted by atomic mass is 10.0. The van der Waals surface area contributed by atoms with Gasteiger partial charge in [0.25, 0.3) is 0 Å². The lowest BCUT2D eigenvalue weighted by Gasteiger charge is -2.18. The summed E-state index contributed by atoms with van der Waals surface area (Å²) in [5.74, 6) is -0.870. The van der Waals surface area contributed by atoms with Crippen LogP contribution >= 0.6 is 0 Å². The fourth-order valence-corrected chi connectivity index (χ4v) is 10.1. The van der Waals surface area contributed by atoms with Crippen LogP contribution < -0.4 is 0 Å². The minimum absolute atomic E-state index is 0.0766. The number of allylic oxidation sites excluding steroid dienone is 16. The normalized spacial score (nSPS) is 12.7. The Hall–Kier alpha value is -3.67. The summed E-state index contributed by atoms with van der Waals surface area (Å²) in [6.45, 7) is 6.55. The highest BCUT2D eigenvalue weighted by atomic mass is 16.6. The van der Waals surface area contributed by atoms with E-state index >= 15 is 0 Å². The van der Waals surface area contributed by atoms with Crippen molar-refractivity contribution in [2.24, 2.45) is 0 Å². The summed E-state index contributed by atoms with van der Waals surface area (Å²) in [6, 6.07) is 0. The lowest BCUT2D eigenvalue weighted by molar-refractivity contribution is -0.167. The van der Waals surface area contributed by atoms with Gasteiger partial charge in [-0.25, -0.2) is 0 Å². The fraction of sp³-hybridized carbons (Fsp3) is 0.750. The number of unbranched alkanes of at least 4 members (excludes halogenated alkanes) is 37. The molecule has 0 fully saturated rings. The molecular formula is C76H132O6. The highest BCUT2D eigenvalue weighted by Crippen LogP contribution is 2.17. The Morgan fingerprint density at radius 3 is 0.744 bits per heavy atom. The van der Waals surface area contributed by atoms with Crippen LogP contribution in [0.1, 0.15) is 348 Å². The minimum Gasteiger partial charge on any atom is -0.462 e. The zero-order chi connectivity index (χ0) is 59.2. The zero-order valence-corrected chi connectivity index (χ0v) is 54.2. The molecular weight excluding hydrogens is 1010 g/mol. The summed E-state index contributed by atoms with van der Waals surface area (Å²) in [7, 11) is 0. The van der Waals surface area contributed by atoms with E-state index in [9.17, 15) is 14.4 Å². The van der Waals surface area contributed by atoms with E-state index in [1.165, 1.54) is 199 Å². The maximum absolute atomic E-state index is 13.0. The first kappa shape index (κ1) is 78.3. The van der Waals surface area contributed by atoms with Crippen molar-refractivity contribution in [1.29, 1.82) is 0 Å². The van der Waals surface area contributed by atoms with E-state index in [0.717, 1.165) is 109 Å². The smallest absolute Gasteiger partial charge is 0.306 e. The van der Waals surface area contributed by atoms with Gasteiger partial charge in [-0.2, -0.15) is 0 Å². The average molecular weight is 1140 g/mol. The van der Waals surface area contributed by atoms with E-state index < -0.39 is 6.10 Å². The average Bonchev–Trinajstić information content (AvgIpc) is 3.47. The molecule has 82 heavy (non-hydrogen) atoms. The lowest BCUT2D eigenvalue weighted by Crippen LogP contribution is -2.30. The van der Waals surface area contributed by atoms with Crippen molar-refractivity contribution >= 4 is 17.9 Å². The van der Waals surface area contributed by atoms with Crippen molar-refractivity contribution in [2.75, 3.05) is 13.2 Å². The van der Waals surface area contributed by atoms with Crippen molar-refractivity contribution in [3.05, 3.63) is 97.2 Å². The molecule has 1 atom stereocenters. The van der Waals surface area contributed by atoms with Crippen LogP contribution in [-0.2, 0) is 28.6 Å². The third kappa shape index (κ3) is 67.1. The second-order valence-corrected chi connectivity index (χ2v) is 23.4. The maximum Gasteiger partial charge on any atom is 0.306 e. The van der Waals surface area contributed by atoms with E-state index in [4.69, 9.17) is 14.2 Å². The molecule has 0 rings (SSSR count). The topological polar surface area (TPSA) is 78.9 Å².